The number of nitrogens with zero attached hydrogens (tertiary/aromatic N) is 5. The van der Waals surface area contributed by atoms with E-state index in [9.17, 15) is 4.79 Å². The molecule has 1 amide bonds. The van der Waals surface area contributed by atoms with E-state index in [0.717, 1.165) is 28.5 Å². The second-order valence-corrected chi connectivity index (χ2v) is 9.68. The van der Waals surface area contributed by atoms with E-state index in [2.05, 4.69) is 58.7 Å². The van der Waals surface area contributed by atoms with Crippen molar-refractivity contribution in [3.05, 3.63) is 70.4 Å². The van der Waals surface area contributed by atoms with Gasteiger partial charge in [0.15, 0.2) is 11.5 Å². The van der Waals surface area contributed by atoms with Gasteiger partial charge < -0.3 is 0 Å². The third-order valence-corrected chi connectivity index (χ3v) is 5.98. The van der Waals surface area contributed by atoms with Crippen molar-refractivity contribution in [3.63, 3.8) is 0 Å². The molecule has 4 rings (SSSR count). The van der Waals surface area contributed by atoms with E-state index in [1.54, 1.807) is 4.68 Å². The number of rotatable bonds is 4. The average Bonchev–Trinajstić information content (AvgIpc) is 3.34. The van der Waals surface area contributed by atoms with Crippen molar-refractivity contribution in [2.75, 3.05) is 5.32 Å². The summed E-state index contributed by atoms with van der Waals surface area (Å²) in [7, 11) is 0. The van der Waals surface area contributed by atoms with Crippen LogP contribution in [0.25, 0.3) is 17.2 Å². The largest absolute Gasteiger partial charge is 0.297 e. The number of carbonyl (C=O) groups excluding carboxylic acids is 1. The van der Waals surface area contributed by atoms with Gasteiger partial charge in [-0.25, -0.2) is 4.68 Å². The predicted octanol–water partition coefficient (Wildman–Crippen LogP) is 5.26. The quantitative estimate of drug-likeness (QED) is 0.462. The molecule has 0 atom stereocenters. The predicted molar refractivity (Wildman–Crippen MR) is 128 cm³/mol. The monoisotopic (exact) mass is 446 g/mol. The van der Waals surface area contributed by atoms with Crippen LogP contribution in [0.5, 0.6) is 0 Å². The second kappa shape index (κ2) is 8.27. The summed E-state index contributed by atoms with van der Waals surface area (Å²) in [5.74, 6) is 0.228. The molecule has 0 fully saturated rings. The molecule has 2 heterocycles. The molecular formula is C24H26N6OS. The molecule has 164 valence electrons. The van der Waals surface area contributed by atoms with Gasteiger partial charge in [0.05, 0.1) is 11.4 Å². The van der Waals surface area contributed by atoms with Gasteiger partial charge in [0, 0.05) is 17.1 Å². The van der Waals surface area contributed by atoms with E-state index in [0.29, 0.717) is 22.2 Å². The number of amides is 1. The zero-order valence-corrected chi connectivity index (χ0v) is 19.9. The highest BCUT2D eigenvalue weighted by molar-refractivity contribution is 7.10. The van der Waals surface area contributed by atoms with Gasteiger partial charge in [-0.2, -0.15) is 9.36 Å². The van der Waals surface area contributed by atoms with Crippen molar-refractivity contribution in [1.82, 2.24) is 24.4 Å². The number of aryl methyl sites for hydroxylation is 2. The van der Waals surface area contributed by atoms with E-state index in [-0.39, 0.29) is 11.3 Å². The Morgan fingerprint density at radius 3 is 2.41 bits per heavy atom. The first-order valence-corrected chi connectivity index (χ1v) is 11.2. The Balaban J connectivity index is 1.53. The lowest BCUT2D eigenvalue weighted by atomic mass is 9.87. The van der Waals surface area contributed by atoms with Crippen molar-refractivity contribution in [3.8, 4) is 17.2 Å². The summed E-state index contributed by atoms with van der Waals surface area (Å²) in [4.78, 5) is 17.1. The Labute approximate surface area is 191 Å². The molecule has 0 radical (unpaired) electrons. The maximum atomic E-state index is 12.6. The van der Waals surface area contributed by atoms with Gasteiger partial charge in [0.1, 0.15) is 0 Å². The van der Waals surface area contributed by atoms with Crippen LogP contribution in [0.1, 0.15) is 53.5 Å². The normalized spacial score (nSPS) is 11.6. The Morgan fingerprint density at radius 1 is 1.03 bits per heavy atom. The summed E-state index contributed by atoms with van der Waals surface area (Å²) in [6.07, 6.45) is 0. The molecule has 8 heteroatoms. The molecule has 0 aliphatic heterocycles. The number of hydrogen-bond donors (Lipinski definition) is 1. The Kier molecular flexibility index (Phi) is 5.64. The van der Waals surface area contributed by atoms with Crippen LogP contribution >= 0.6 is 11.5 Å². The van der Waals surface area contributed by atoms with Crippen molar-refractivity contribution in [1.29, 1.82) is 0 Å². The fourth-order valence-electron chi connectivity index (χ4n) is 3.47. The van der Waals surface area contributed by atoms with E-state index in [4.69, 9.17) is 0 Å². The second-order valence-electron chi connectivity index (χ2n) is 8.93. The lowest BCUT2D eigenvalue weighted by Crippen LogP contribution is -2.14. The van der Waals surface area contributed by atoms with Crippen molar-refractivity contribution in [2.45, 2.75) is 47.0 Å². The van der Waals surface area contributed by atoms with Crippen LogP contribution in [0.2, 0.25) is 0 Å². The average molecular weight is 447 g/mol. The molecule has 2 aromatic heterocycles. The number of carbonyl (C=O) groups is 1. The van der Waals surface area contributed by atoms with Crippen LogP contribution in [-0.4, -0.2) is 30.3 Å². The highest BCUT2D eigenvalue weighted by Crippen LogP contribution is 2.26. The minimum Gasteiger partial charge on any atom is -0.297 e. The Hall–Kier alpha value is -3.39. The first-order chi connectivity index (χ1) is 15.1. The van der Waals surface area contributed by atoms with Gasteiger partial charge in [-0.1, -0.05) is 55.8 Å². The molecule has 0 unspecified atom stereocenters. The van der Waals surface area contributed by atoms with Crippen molar-refractivity contribution >= 4 is 22.6 Å². The molecule has 0 bridgehead atoms. The summed E-state index contributed by atoms with van der Waals surface area (Å²) in [5.41, 5.74) is 6.49. The highest BCUT2D eigenvalue weighted by Gasteiger charge is 2.19. The van der Waals surface area contributed by atoms with Gasteiger partial charge in [0.25, 0.3) is 5.91 Å². The zero-order chi connectivity index (χ0) is 23.0. The highest BCUT2D eigenvalue weighted by atomic mass is 32.1. The minimum absolute atomic E-state index is 0.0373. The summed E-state index contributed by atoms with van der Waals surface area (Å²) >= 11 is 1.12. The lowest BCUT2D eigenvalue weighted by Gasteiger charge is -2.18. The number of aromatic nitrogens is 5. The first kappa shape index (κ1) is 21.8. The summed E-state index contributed by atoms with van der Waals surface area (Å²) in [6, 6.07) is 13.8. The smallest absolute Gasteiger partial charge is 0.257 e. The molecule has 0 aliphatic carbocycles. The van der Waals surface area contributed by atoms with Gasteiger partial charge in [-0.3, -0.25) is 10.1 Å². The topological polar surface area (TPSA) is 85.6 Å². The summed E-state index contributed by atoms with van der Waals surface area (Å²) < 4.78 is 6.18. The molecule has 0 aliphatic rings. The first-order valence-electron chi connectivity index (χ1n) is 10.4. The third kappa shape index (κ3) is 4.31. The van der Waals surface area contributed by atoms with Gasteiger partial charge in [-0.15, -0.1) is 5.10 Å². The SMILES string of the molecule is Cc1ccc(-n2nnc(-c3nsc(NC(=O)c4ccc(C(C)(C)C)cc4)n3)c2C)c(C)c1. The molecule has 32 heavy (non-hydrogen) atoms. The van der Waals surface area contributed by atoms with Crippen LogP contribution in [0.4, 0.5) is 5.13 Å². The number of nitrogens with one attached hydrogen (secondary N) is 1. The molecule has 1 N–H and O–H groups in total. The Bertz CT molecular complexity index is 1280. The fraction of sp³-hybridized carbons (Fsp3) is 0.292. The van der Waals surface area contributed by atoms with E-state index in [1.807, 2.05) is 50.2 Å². The van der Waals surface area contributed by atoms with E-state index >= 15 is 0 Å². The molecule has 0 saturated heterocycles. The molecule has 0 spiro atoms. The van der Waals surface area contributed by atoms with Crippen molar-refractivity contribution in [2.24, 2.45) is 0 Å². The molecule has 4 aromatic rings. The third-order valence-electron chi connectivity index (χ3n) is 5.35. The van der Waals surface area contributed by atoms with Crippen LogP contribution < -0.4 is 5.32 Å². The number of anilines is 1. The summed E-state index contributed by atoms with van der Waals surface area (Å²) in [5, 5.41) is 11.8. The minimum atomic E-state index is -0.219. The Morgan fingerprint density at radius 2 is 1.75 bits per heavy atom. The zero-order valence-electron chi connectivity index (χ0n) is 19.1. The standard InChI is InChI=1S/C24H26N6OS/c1-14-7-12-19(15(2)13-14)30-16(3)20(27-29-30)21-25-23(32-28-21)26-22(31)17-8-10-18(11-9-17)24(4,5)6/h7-13H,1-6H3,(H,25,26,28,31). The van der Waals surface area contributed by atoms with Gasteiger partial charge >= 0.3 is 0 Å². The van der Waals surface area contributed by atoms with Crippen LogP contribution in [0.15, 0.2) is 42.5 Å². The maximum Gasteiger partial charge on any atom is 0.257 e. The van der Waals surface area contributed by atoms with Crippen LogP contribution in [-0.2, 0) is 5.41 Å². The molecule has 2 aromatic carbocycles. The molecule has 7 nitrogen and oxygen atoms in total. The van der Waals surface area contributed by atoms with E-state index < -0.39 is 0 Å². The van der Waals surface area contributed by atoms with Crippen molar-refractivity contribution < 1.29 is 4.79 Å². The summed E-state index contributed by atoms with van der Waals surface area (Å²) in [6.45, 7) is 12.5. The lowest BCUT2D eigenvalue weighted by molar-refractivity contribution is 0.102. The van der Waals surface area contributed by atoms with Crippen LogP contribution in [0, 0.1) is 20.8 Å². The molecule has 0 saturated carbocycles. The van der Waals surface area contributed by atoms with Crippen LogP contribution in [0.3, 0.4) is 0 Å². The number of benzene rings is 2. The fourth-order valence-corrected chi connectivity index (χ4v) is 4.03. The van der Waals surface area contributed by atoms with Gasteiger partial charge in [0.2, 0.25) is 5.13 Å². The van der Waals surface area contributed by atoms with E-state index in [1.165, 1.54) is 11.1 Å². The maximum absolute atomic E-state index is 12.6. The van der Waals surface area contributed by atoms with Gasteiger partial charge in [-0.05, 0) is 55.5 Å². The number of hydrogen-bond acceptors (Lipinski definition) is 6. The molecular weight excluding hydrogens is 420 g/mol.